The van der Waals surface area contributed by atoms with Crippen molar-refractivity contribution in [2.45, 2.75) is 52.7 Å². The largest absolute Gasteiger partial charge is 0.444 e. The number of hydrogen-bond donors (Lipinski definition) is 1. The lowest BCUT2D eigenvalue weighted by atomic mass is 9.82. The monoisotopic (exact) mass is 320 g/mol. The molecule has 0 saturated carbocycles. The van der Waals surface area contributed by atoms with Gasteiger partial charge in [-0.1, -0.05) is 6.92 Å². The minimum atomic E-state index is -0.448. The van der Waals surface area contributed by atoms with Crippen LogP contribution < -0.4 is 5.32 Å². The van der Waals surface area contributed by atoms with E-state index in [9.17, 15) is 4.79 Å². The Hall–Kier alpha value is -1.69. The topological polar surface area (TPSA) is 67.4 Å². The third-order valence-corrected chi connectivity index (χ3v) is 3.93. The van der Waals surface area contributed by atoms with Crippen LogP contribution in [0, 0.1) is 5.41 Å². The second-order valence-electron chi connectivity index (χ2n) is 7.62. The lowest BCUT2D eigenvalue weighted by molar-refractivity contribution is 0.00674. The van der Waals surface area contributed by atoms with E-state index in [1.165, 1.54) is 0 Å². The van der Waals surface area contributed by atoms with E-state index < -0.39 is 5.60 Å². The second-order valence-corrected chi connectivity index (χ2v) is 7.62. The molecule has 0 spiro atoms. The van der Waals surface area contributed by atoms with E-state index in [-0.39, 0.29) is 11.5 Å². The van der Waals surface area contributed by atoms with Gasteiger partial charge >= 0.3 is 6.09 Å². The highest BCUT2D eigenvalue weighted by Gasteiger charge is 2.34. The summed E-state index contributed by atoms with van der Waals surface area (Å²) in [6, 6.07) is 1.91. The Kier molecular flexibility index (Phi) is 5.57. The van der Waals surface area contributed by atoms with Crippen molar-refractivity contribution >= 4 is 6.09 Å². The van der Waals surface area contributed by atoms with E-state index in [4.69, 9.17) is 4.74 Å². The number of rotatable bonds is 4. The van der Waals surface area contributed by atoms with Crippen LogP contribution in [0.5, 0.6) is 0 Å². The van der Waals surface area contributed by atoms with Gasteiger partial charge < -0.3 is 15.0 Å². The predicted octanol–water partition coefficient (Wildman–Crippen LogP) is 2.60. The van der Waals surface area contributed by atoms with E-state index in [2.05, 4.69) is 22.2 Å². The summed E-state index contributed by atoms with van der Waals surface area (Å²) in [5.41, 5.74) is 0.585. The SMILES string of the molecule is CC1(CNCc2ccncn2)CCCN(C(=O)OC(C)(C)C)C1. The maximum atomic E-state index is 12.3. The smallest absolute Gasteiger partial charge is 0.410 e. The van der Waals surface area contributed by atoms with E-state index in [0.717, 1.165) is 38.2 Å². The summed E-state index contributed by atoms with van der Waals surface area (Å²) >= 11 is 0. The molecule has 6 nitrogen and oxygen atoms in total. The first kappa shape index (κ1) is 17.7. The van der Waals surface area contributed by atoms with Crippen molar-refractivity contribution in [1.29, 1.82) is 0 Å². The first-order valence-corrected chi connectivity index (χ1v) is 8.21. The Morgan fingerprint density at radius 1 is 1.48 bits per heavy atom. The van der Waals surface area contributed by atoms with Crippen molar-refractivity contribution in [2.24, 2.45) is 5.41 Å². The minimum absolute atomic E-state index is 0.0577. The Balaban J connectivity index is 1.84. The van der Waals surface area contributed by atoms with Crippen LogP contribution in [0.3, 0.4) is 0 Å². The number of piperidine rings is 1. The molecule has 1 N–H and O–H groups in total. The molecule has 0 aliphatic carbocycles. The lowest BCUT2D eigenvalue weighted by Crippen LogP contribution is -2.50. The van der Waals surface area contributed by atoms with Crippen LogP contribution >= 0.6 is 0 Å². The Bertz CT molecular complexity index is 515. The van der Waals surface area contributed by atoms with Crippen molar-refractivity contribution in [2.75, 3.05) is 19.6 Å². The van der Waals surface area contributed by atoms with E-state index in [0.29, 0.717) is 6.54 Å². The van der Waals surface area contributed by atoms with Gasteiger partial charge in [0.2, 0.25) is 0 Å². The first-order chi connectivity index (χ1) is 10.8. The highest BCUT2D eigenvalue weighted by Crippen LogP contribution is 2.29. The van der Waals surface area contributed by atoms with Gasteiger partial charge in [0.15, 0.2) is 0 Å². The Morgan fingerprint density at radius 2 is 2.26 bits per heavy atom. The summed E-state index contributed by atoms with van der Waals surface area (Å²) in [5, 5.41) is 3.45. The molecule has 1 unspecified atom stereocenters. The van der Waals surface area contributed by atoms with Crippen LogP contribution in [0.2, 0.25) is 0 Å². The number of carbonyl (C=O) groups is 1. The van der Waals surface area contributed by atoms with Crippen molar-refractivity contribution in [3.05, 3.63) is 24.3 Å². The molecule has 1 amide bonds. The number of nitrogens with zero attached hydrogens (tertiary/aromatic N) is 3. The highest BCUT2D eigenvalue weighted by molar-refractivity contribution is 5.68. The number of hydrogen-bond acceptors (Lipinski definition) is 5. The van der Waals surface area contributed by atoms with Gasteiger partial charge in [-0.3, -0.25) is 0 Å². The molecule has 1 aliphatic heterocycles. The Morgan fingerprint density at radius 3 is 2.91 bits per heavy atom. The fourth-order valence-electron chi connectivity index (χ4n) is 2.86. The summed E-state index contributed by atoms with van der Waals surface area (Å²) in [4.78, 5) is 22.2. The number of nitrogens with one attached hydrogen (secondary N) is 1. The molecule has 1 atom stereocenters. The summed E-state index contributed by atoms with van der Waals surface area (Å²) < 4.78 is 5.49. The number of ether oxygens (including phenoxy) is 1. The van der Waals surface area contributed by atoms with Crippen LogP contribution in [-0.4, -0.2) is 46.2 Å². The van der Waals surface area contributed by atoms with E-state index in [1.807, 2.05) is 31.7 Å². The fraction of sp³-hybridized carbons (Fsp3) is 0.706. The Labute approximate surface area is 138 Å². The molecule has 2 heterocycles. The van der Waals surface area contributed by atoms with Gasteiger partial charge in [0.1, 0.15) is 11.9 Å². The molecule has 1 aliphatic rings. The van der Waals surface area contributed by atoms with Crippen LogP contribution in [0.4, 0.5) is 4.79 Å². The van der Waals surface area contributed by atoms with Gasteiger partial charge in [0, 0.05) is 32.4 Å². The van der Waals surface area contributed by atoms with Crippen LogP contribution in [-0.2, 0) is 11.3 Å². The van der Waals surface area contributed by atoms with Crippen molar-refractivity contribution in [1.82, 2.24) is 20.2 Å². The predicted molar refractivity (Wildman–Crippen MR) is 88.9 cm³/mol. The van der Waals surface area contributed by atoms with Crippen molar-refractivity contribution in [3.8, 4) is 0 Å². The van der Waals surface area contributed by atoms with Gasteiger partial charge in [0.25, 0.3) is 0 Å². The molecule has 23 heavy (non-hydrogen) atoms. The molecule has 1 aromatic rings. The molecule has 0 radical (unpaired) electrons. The van der Waals surface area contributed by atoms with Crippen LogP contribution in [0.25, 0.3) is 0 Å². The van der Waals surface area contributed by atoms with Gasteiger partial charge in [0.05, 0.1) is 5.69 Å². The third-order valence-electron chi connectivity index (χ3n) is 3.93. The molecular formula is C17H28N4O2. The molecule has 2 rings (SSSR count). The zero-order valence-corrected chi connectivity index (χ0v) is 14.6. The molecule has 0 bridgehead atoms. The fourth-order valence-corrected chi connectivity index (χ4v) is 2.86. The molecule has 0 aromatic carbocycles. The number of carbonyl (C=O) groups excluding carboxylic acids is 1. The third kappa shape index (κ3) is 5.78. The molecule has 1 fully saturated rings. The molecule has 1 aromatic heterocycles. The van der Waals surface area contributed by atoms with E-state index in [1.54, 1.807) is 12.5 Å². The standard InChI is InChI=1S/C17H28N4O2/c1-16(2,3)23-15(22)21-9-5-7-17(4,12-21)11-19-10-14-6-8-18-13-20-14/h6,8,13,19H,5,7,9-12H2,1-4H3. The zero-order valence-electron chi connectivity index (χ0n) is 14.6. The maximum Gasteiger partial charge on any atom is 0.410 e. The highest BCUT2D eigenvalue weighted by atomic mass is 16.6. The van der Waals surface area contributed by atoms with Gasteiger partial charge in [-0.15, -0.1) is 0 Å². The second kappa shape index (κ2) is 7.25. The molecule has 1 saturated heterocycles. The summed E-state index contributed by atoms with van der Waals surface area (Å²) in [5.74, 6) is 0. The molecule has 128 valence electrons. The van der Waals surface area contributed by atoms with Gasteiger partial charge in [-0.05, 0) is 45.1 Å². The number of aromatic nitrogens is 2. The van der Waals surface area contributed by atoms with Crippen molar-refractivity contribution in [3.63, 3.8) is 0 Å². The average molecular weight is 320 g/mol. The zero-order chi connectivity index (χ0) is 16.9. The van der Waals surface area contributed by atoms with Crippen molar-refractivity contribution < 1.29 is 9.53 Å². The van der Waals surface area contributed by atoms with E-state index >= 15 is 0 Å². The quantitative estimate of drug-likeness (QED) is 0.923. The summed E-state index contributed by atoms with van der Waals surface area (Å²) in [6.07, 6.45) is 5.20. The molecular weight excluding hydrogens is 292 g/mol. The van der Waals surface area contributed by atoms with Gasteiger partial charge in [-0.25, -0.2) is 14.8 Å². The first-order valence-electron chi connectivity index (χ1n) is 8.21. The van der Waals surface area contributed by atoms with Crippen LogP contribution in [0.15, 0.2) is 18.6 Å². The van der Waals surface area contributed by atoms with Crippen LogP contribution in [0.1, 0.15) is 46.2 Å². The number of likely N-dealkylation sites (tertiary alicyclic amines) is 1. The summed E-state index contributed by atoms with van der Waals surface area (Å²) in [6.45, 7) is 11.0. The minimum Gasteiger partial charge on any atom is -0.444 e. The van der Waals surface area contributed by atoms with Gasteiger partial charge in [-0.2, -0.15) is 0 Å². The lowest BCUT2D eigenvalue weighted by Gasteiger charge is -2.41. The molecule has 6 heteroatoms. The maximum absolute atomic E-state index is 12.3. The normalized spacial score (nSPS) is 22.0. The average Bonchev–Trinajstić information content (AvgIpc) is 2.46. The number of amides is 1. The summed E-state index contributed by atoms with van der Waals surface area (Å²) in [7, 11) is 0.